The van der Waals surface area contributed by atoms with Crippen LogP contribution in [-0.4, -0.2) is 36.8 Å². The summed E-state index contributed by atoms with van der Waals surface area (Å²) in [4.78, 5) is 12.4. The fourth-order valence-corrected chi connectivity index (χ4v) is 2.31. The van der Waals surface area contributed by atoms with E-state index in [4.69, 9.17) is 5.11 Å². The van der Waals surface area contributed by atoms with Crippen molar-refractivity contribution in [3.63, 3.8) is 0 Å². The summed E-state index contributed by atoms with van der Waals surface area (Å²) in [5.74, 6) is 0.267. The van der Waals surface area contributed by atoms with E-state index in [1.165, 1.54) is 0 Å². The molecule has 1 aliphatic heterocycles. The summed E-state index contributed by atoms with van der Waals surface area (Å²) < 4.78 is 0. The highest BCUT2D eigenvalue weighted by molar-refractivity contribution is 5.83. The summed E-state index contributed by atoms with van der Waals surface area (Å²) in [7, 11) is 0. The van der Waals surface area contributed by atoms with Crippen molar-refractivity contribution in [2.45, 2.75) is 46.1 Å². The van der Waals surface area contributed by atoms with E-state index in [1.54, 1.807) is 0 Å². The molecule has 100 valence electrons. The fourth-order valence-electron chi connectivity index (χ4n) is 2.31. The Morgan fingerprint density at radius 2 is 2.00 bits per heavy atom. The van der Waals surface area contributed by atoms with E-state index in [9.17, 15) is 4.79 Å². The quantitative estimate of drug-likeness (QED) is 0.671. The predicted octanol–water partition coefficient (Wildman–Crippen LogP) is 0.899. The molecule has 0 aromatic carbocycles. The van der Waals surface area contributed by atoms with E-state index < -0.39 is 0 Å². The van der Waals surface area contributed by atoms with Gasteiger partial charge in [-0.2, -0.15) is 0 Å². The van der Waals surface area contributed by atoms with Crippen molar-refractivity contribution >= 4 is 5.91 Å². The van der Waals surface area contributed by atoms with Crippen molar-refractivity contribution in [1.82, 2.24) is 10.6 Å². The van der Waals surface area contributed by atoms with E-state index in [-0.39, 0.29) is 29.9 Å². The molecule has 1 fully saturated rings. The second-order valence-electron chi connectivity index (χ2n) is 5.31. The Morgan fingerprint density at radius 3 is 2.47 bits per heavy atom. The van der Waals surface area contributed by atoms with Gasteiger partial charge in [0.2, 0.25) is 5.91 Å². The van der Waals surface area contributed by atoms with Crippen LogP contribution >= 0.6 is 0 Å². The third-order valence-corrected chi connectivity index (χ3v) is 4.22. The van der Waals surface area contributed by atoms with Gasteiger partial charge in [0.25, 0.3) is 0 Å². The zero-order chi connectivity index (χ0) is 12.9. The van der Waals surface area contributed by atoms with Gasteiger partial charge in [0.15, 0.2) is 0 Å². The SMILES string of the molecule is CCC1(C(=O)NC(C)C(C)CO)CCNCC1. The number of carbonyl (C=O) groups excluding carboxylic acids is 1. The molecule has 4 heteroatoms. The number of piperidine rings is 1. The van der Waals surface area contributed by atoms with E-state index >= 15 is 0 Å². The molecule has 2 atom stereocenters. The van der Waals surface area contributed by atoms with Crippen LogP contribution in [0, 0.1) is 11.3 Å². The number of carbonyl (C=O) groups is 1. The van der Waals surface area contributed by atoms with Crippen LogP contribution in [0.2, 0.25) is 0 Å². The van der Waals surface area contributed by atoms with Crippen molar-refractivity contribution in [3.8, 4) is 0 Å². The highest BCUT2D eigenvalue weighted by Crippen LogP contribution is 2.32. The van der Waals surface area contributed by atoms with Gasteiger partial charge in [0.05, 0.1) is 5.41 Å². The molecule has 2 unspecified atom stereocenters. The van der Waals surface area contributed by atoms with E-state index in [0.29, 0.717) is 0 Å². The van der Waals surface area contributed by atoms with Crippen LogP contribution in [0.25, 0.3) is 0 Å². The van der Waals surface area contributed by atoms with Gasteiger partial charge in [0, 0.05) is 12.6 Å². The molecule has 0 radical (unpaired) electrons. The Morgan fingerprint density at radius 1 is 1.41 bits per heavy atom. The average Bonchev–Trinajstić information content (AvgIpc) is 2.38. The maximum absolute atomic E-state index is 12.4. The summed E-state index contributed by atoms with van der Waals surface area (Å²) in [6.07, 6.45) is 2.71. The maximum Gasteiger partial charge on any atom is 0.226 e. The highest BCUT2D eigenvalue weighted by atomic mass is 16.3. The molecule has 1 heterocycles. The van der Waals surface area contributed by atoms with Gasteiger partial charge in [-0.1, -0.05) is 13.8 Å². The Balaban J connectivity index is 2.60. The van der Waals surface area contributed by atoms with E-state index in [2.05, 4.69) is 17.6 Å². The van der Waals surface area contributed by atoms with Gasteiger partial charge in [-0.3, -0.25) is 4.79 Å². The normalized spacial score (nSPS) is 22.8. The Bertz CT molecular complexity index is 250. The van der Waals surface area contributed by atoms with Gasteiger partial charge in [-0.05, 0) is 45.2 Å². The Kier molecular flexibility index (Phi) is 5.40. The van der Waals surface area contributed by atoms with Crippen molar-refractivity contribution in [2.75, 3.05) is 19.7 Å². The minimum atomic E-state index is -0.200. The molecular weight excluding hydrogens is 216 g/mol. The lowest BCUT2D eigenvalue weighted by Crippen LogP contribution is -2.51. The topological polar surface area (TPSA) is 61.4 Å². The van der Waals surface area contributed by atoms with Crippen LogP contribution in [0.3, 0.4) is 0 Å². The molecule has 1 aliphatic rings. The molecule has 1 amide bonds. The van der Waals surface area contributed by atoms with Gasteiger partial charge in [-0.25, -0.2) is 0 Å². The lowest BCUT2D eigenvalue weighted by atomic mass is 9.75. The van der Waals surface area contributed by atoms with Gasteiger partial charge >= 0.3 is 0 Å². The number of aliphatic hydroxyl groups is 1. The molecular formula is C13H26N2O2. The van der Waals surface area contributed by atoms with Crippen LogP contribution in [0.4, 0.5) is 0 Å². The molecule has 0 spiro atoms. The van der Waals surface area contributed by atoms with E-state index in [1.807, 2.05) is 13.8 Å². The summed E-state index contributed by atoms with van der Waals surface area (Å²) >= 11 is 0. The first-order chi connectivity index (χ1) is 8.05. The average molecular weight is 242 g/mol. The molecule has 0 aromatic heterocycles. The van der Waals surface area contributed by atoms with Crippen LogP contribution in [-0.2, 0) is 4.79 Å². The second-order valence-corrected chi connectivity index (χ2v) is 5.31. The van der Waals surface area contributed by atoms with Crippen molar-refractivity contribution in [3.05, 3.63) is 0 Å². The minimum Gasteiger partial charge on any atom is -0.396 e. The third-order valence-electron chi connectivity index (χ3n) is 4.22. The molecule has 1 rings (SSSR count). The first-order valence-electron chi connectivity index (χ1n) is 6.68. The number of aliphatic hydroxyl groups excluding tert-OH is 1. The largest absolute Gasteiger partial charge is 0.396 e. The standard InChI is InChI=1S/C13H26N2O2/c1-4-13(5-7-14-8-6-13)12(17)15-11(3)10(2)9-16/h10-11,14,16H,4-9H2,1-3H3,(H,15,17). The molecule has 4 nitrogen and oxygen atoms in total. The highest BCUT2D eigenvalue weighted by Gasteiger charge is 2.38. The zero-order valence-electron chi connectivity index (χ0n) is 11.3. The van der Waals surface area contributed by atoms with Crippen molar-refractivity contribution < 1.29 is 9.90 Å². The first kappa shape index (κ1) is 14.5. The molecule has 1 saturated heterocycles. The maximum atomic E-state index is 12.4. The van der Waals surface area contributed by atoms with Crippen LogP contribution < -0.4 is 10.6 Å². The number of rotatable bonds is 5. The monoisotopic (exact) mass is 242 g/mol. The number of nitrogens with one attached hydrogen (secondary N) is 2. The van der Waals surface area contributed by atoms with Crippen LogP contribution in [0.1, 0.15) is 40.0 Å². The smallest absolute Gasteiger partial charge is 0.226 e. The summed E-state index contributed by atoms with van der Waals surface area (Å²) in [6, 6.07) is 0.0332. The number of hydrogen-bond acceptors (Lipinski definition) is 3. The number of hydrogen-bond donors (Lipinski definition) is 3. The molecule has 0 aromatic rings. The van der Waals surface area contributed by atoms with Crippen molar-refractivity contribution in [1.29, 1.82) is 0 Å². The summed E-state index contributed by atoms with van der Waals surface area (Å²) in [6.45, 7) is 7.96. The first-order valence-corrected chi connectivity index (χ1v) is 6.68. The molecule has 17 heavy (non-hydrogen) atoms. The molecule has 3 N–H and O–H groups in total. The summed E-state index contributed by atoms with van der Waals surface area (Å²) in [5, 5.41) is 15.4. The van der Waals surface area contributed by atoms with Gasteiger partial charge in [0.1, 0.15) is 0 Å². The zero-order valence-corrected chi connectivity index (χ0v) is 11.3. The summed E-state index contributed by atoms with van der Waals surface area (Å²) in [5.41, 5.74) is -0.200. The molecule has 0 saturated carbocycles. The van der Waals surface area contributed by atoms with E-state index in [0.717, 1.165) is 32.4 Å². The lowest BCUT2D eigenvalue weighted by Gasteiger charge is -2.36. The minimum absolute atomic E-state index is 0.0332. The van der Waals surface area contributed by atoms with Gasteiger partial charge < -0.3 is 15.7 Å². The second kappa shape index (κ2) is 6.36. The van der Waals surface area contributed by atoms with Crippen LogP contribution in [0.15, 0.2) is 0 Å². The van der Waals surface area contributed by atoms with Crippen LogP contribution in [0.5, 0.6) is 0 Å². The number of amides is 1. The Labute approximate surface area is 104 Å². The lowest BCUT2D eigenvalue weighted by molar-refractivity contribution is -0.134. The van der Waals surface area contributed by atoms with Gasteiger partial charge in [-0.15, -0.1) is 0 Å². The third kappa shape index (κ3) is 3.42. The fraction of sp³-hybridized carbons (Fsp3) is 0.923. The van der Waals surface area contributed by atoms with Crippen molar-refractivity contribution in [2.24, 2.45) is 11.3 Å². The molecule has 0 aliphatic carbocycles. The Hall–Kier alpha value is -0.610. The predicted molar refractivity (Wildman–Crippen MR) is 68.7 cm³/mol. The molecule has 0 bridgehead atoms.